The normalized spacial score (nSPS) is 29.6. The first kappa shape index (κ1) is 20.2. The Balaban J connectivity index is 1.11. The Bertz CT molecular complexity index is 1030. The molecule has 2 aromatic rings. The maximum absolute atomic E-state index is 12.4. The highest BCUT2D eigenvalue weighted by molar-refractivity contribution is 6.09. The Hall–Kier alpha value is -2.45. The molecule has 4 aliphatic rings. The number of amides is 3. The second kappa shape index (κ2) is 7.85. The van der Waals surface area contributed by atoms with E-state index in [9.17, 15) is 9.59 Å². The van der Waals surface area contributed by atoms with Crippen LogP contribution in [0.1, 0.15) is 44.6 Å². The maximum atomic E-state index is 12.4. The quantitative estimate of drug-likeness (QED) is 0.770. The summed E-state index contributed by atoms with van der Waals surface area (Å²) >= 11 is 0. The van der Waals surface area contributed by atoms with Crippen LogP contribution in [-0.4, -0.2) is 65.9 Å². The zero-order valence-corrected chi connectivity index (χ0v) is 18.6. The number of benzene rings is 1. The lowest BCUT2D eigenvalue weighted by Crippen LogP contribution is -2.49. The Morgan fingerprint density at radius 1 is 1.12 bits per heavy atom. The lowest BCUT2D eigenvalue weighted by atomic mass is 9.61. The zero-order chi connectivity index (χ0) is 21.7. The van der Waals surface area contributed by atoms with Crippen molar-refractivity contribution in [1.82, 2.24) is 25.3 Å². The fourth-order valence-electron chi connectivity index (χ4n) is 6.53. The average Bonchev–Trinajstić information content (AvgIpc) is 3.42. The Kier molecular flexibility index (Phi) is 4.95. The smallest absolute Gasteiger partial charge is 0.316 e. The molecule has 1 aliphatic carbocycles. The van der Waals surface area contributed by atoms with Crippen LogP contribution in [0, 0.1) is 11.3 Å². The summed E-state index contributed by atoms with van der Waals surface area (Å²) in [4.78, 5) is 28.2. The highest BCUT2D eigenvalue weighted by atomic mass is 16.2. The molecule has 1 saturated carbocycles. The van der Waals surface area contributed by atoms with Crippen LogP contribution in [0.25, 0.3) is 10.9 Å². The summed E-state index contributed by atoms with van der Waals surface area (Å²) in [7, 11) is 0. The number of nitrogens with zero attached hydrogens (tertiary/aromatic N) is 4. The lowest BCUT2D eigenvalue weighted by molar-refractivity contribution is -0.120. The third kappa shape index (κ3) is 3.49. The Morgan fingerprint density at radius 3 is 2.72 bits per heavy atom. The number of rotatable bonds is 4. The van der Waals surface area contributed by atoms with Crippen molar-refractivity contribution in [2.45, 2.75) is 44.6 Å². The number of fused-ring (bicyclic) bond motifs is 1. The van der Waals surface area contributed by atoms with Crippen molar-refractivity contribution in [1.29, 1.82) is 0 Å². The molecule has 0 unspecified atom stereocenters. The molecule has 0 bridgehead atoms. The third-order valence-corrected chi connectivity index (χ3v) is 8.16. The van der Waals surface area contributed by atoms with Crippen LogP contribution in [-0.2, 0) is 4.79 Å². The first-order valence-corrected chi connectivity index (χ1v) is 12.1. The summed E-state index contributed by atoms with van der Waals surface area (Å²) in [5.41, 5.74) is 2.53. The van der Waals surface area contributed by atoms with Gasteiger partial charge in [-0.05, 0) is 62.1 Å². The summed E-state index contributed by atoms with van der Waals surface area (Å²) in [5.74, 6) is 0.667. The van der Waals surface area contributed by atoms with E-state index >= 15 is 0 Å². The van der Waals surface area contributed by atoms with Crippen molar-refractivity contribution in [3.8, 4) is 0 Å². The van der Waals surface area contributed by atoms with Gasteiger partial charge in [-0.2, -0.15) is 5.10 Å². The molecule has 6 rings (SSSR count). The predicted octanol–water partition coefficient (Wildman–Crippen LogP) is 2.51. The monoisotopic (exact) mass is 436 g/mol. The summed E-state index contributed by atoms with van der Waals surface area (Å²) in [6.07, 6.45) is 8.61. The number of likely N-dealkylation sites (tertiary alicyclic amines) is 1. The van der Waals surface area contributed by atoms with Gasteiger partial charge in [0, 0.05) is 44.5 Å². The molecule has 0 atom stereocenters. The van der Waals surface area contributed by atoms with Gasteiger partial charge < -0.3 is 10.2 Å². The number of carbonyl (C=O) groups excluding carboxylic acids is 2. The average molecular weight is 437 g/mol. The van der Waals surface area contributed by atoms with Crippen molar-refractivity contribution >= 4 is 28.5 Å². The van der Waals surface area contributed by atoms with E-state index in [-0.39, 0.29) is 11.9 Å². The third-order valence-electron chi connectivity index (χ3n) is 8.16. The molecule has 3 aliphatic heterocycles. The van der Waals surface area contributed by atoms with Crippen LogP contribution in [0.15, 0.2) is 24.4 Å². The van der Waals surface area contributed by atoms with E-state index in [0.29, 0.717) is 24.4 Å². The number of urea groups is 1. The van der Waals surface area contributed by atoms with Gasteiger partial charge in [-0.15, -0.1) is 0 Å². The first-order valence-electron chi connectivity index (χ1n) is 12.1. The summed E-state index contributed by atoms with van der Waals surface area (Å²) in [6, 6.07) is 6.06. The number of carbonyl (C=O) groups is 2. The standard InChI is InChI=1S/C24H32N6O2/c31-22-6-11-29(23(32)27-22)20-2-1-3-21-19(20)14-26-30(21)18-4-9-28(10-5-18)15-17-12-24(13-17)7-8-25-16-24/h1-3,14,17-18,25H,4-13,15-16H2,(H,27,31,32). The van der Waals surface area contributed by atoms with Crippen LogP contribution < -0.4 is 15.5 Å². The summed E-state index contributed by atoms with van der Waals surface area (Å²) in [6.45, 7) is 6.36. The van der Waals surface area contributed by atoms with E-state index in [1.807, 2.05) is 18.3 Å². The van der Waals surface area contributed by atoms with E-state index in [0.717, 1.165) is 48.4 Å². The molecule has 3 amide bonds. The van der Waals surface area contributed by atoms with E-state index in [4.69, 9.17) is 5.10 Å². The van der Waals surface area contributed by atoms with Crippen molar-refractivity contribution in [3.05, 3.63) is 24.4 Å². The molecule has 1 aromatic heterocycles. The number of hydrogen-bond donors (Lipinski definition) is 2. The number of hydrogen-bond acceptors (Lipinski definition) is 5. The topological polar surface area (TPSA) is 82.5 Å². The van der Waals surface area contributed by atoms with E-state index in [1.54, 1.807) is 4.90 Å². The highest BCUT2D eigenvalue weighted by Crippen LogP contribution is 2.50. The van der Waals surface area contributed by atoms with Crippen LogP contribution in [0.2, 0.25) is 0 Å². The van der Waals surface area contributed by atoms with Crippen LogP contribution in [0.5, 0.6) is 0 Å². The molecule has 170 valence electrons. The molecular formula is C24H32N6O2. The lowest BCUT2D eigenvalue weighted by Gasteiger charge is -2.47. The van der Waals surface area contributed by atoms with Crippen LogP contribution in [0.3, 0.4) is 0 Å². The minimum Gasteiger partial charge on any atom is -0.316 e. The van der Waals surface area contributed by atoms with Crippen molar-refractivity contribution in [3.63, 3.8) is 0 Å². The molecular weight excluding hydrogens is 404 g/mol. The van der Waals surface area contributed by atoms with Crippen LogP contribution >= 0.6 is 0 Å². The van der Waals surface area contributed by atoms with Gasteiger partial charge in [0.25, 0.3) is 0 Å². The minimum absolute atomic E-state index is 0.210. The van der Waals surface area contributed by atoms with E-state index in [2.05, 4.69) is 26.3 Å². The van der Waals surface area contributed by atoms with Gasteiger partial charge >= 0.3 is 6.03 Å². The molecule has 4 fully saturated rings. The molecule has 32 heavy (non-hydrogen) atoms. The van der Waals surface area contributed by atoms with E-state index < -0.39 is 0 Å². The SMILES string of the molecule is O=C1CCN(c2cccc3c2cnn3C2CCN(CC3CC4(CCNC4)C3)CC2)C(=O)N1. The second-order valence-corrected chi connectivity index (χ2v) is 10.3. The van der Waals surface area contributed by atoms with Crippen LogP contribution in [0.4, 0.5) is 10.5 Å². The van der Waals surface area contributed by atoms with Crippen molar-refractivity contribution in [2.24, 2.45) is 11.3 Å². The van der Waals surface area contributed by atoms with Gasteiger partial charge in [-0.1, -0.05) is 6.07 Å². The van der Waals surface area contributed by atoms with Gasteiger partial charge in [0.2, 0.25) is 5.91 Å². The van der Waals surface area contributed by atoms with Gasteiger partial charge in [0.15, 0.2) is 0 Å². The molecule has 8 heteroatoms. The Labute approximate surface area is 188 Å². The second-order valence-electron chi connectivity index (χ2n) is 10.3. The Morgan fingerprint density at radius 2 is 1.97 bits per heavy atom. The molecule has 3 saturated heterocycles. The molecule has 1 aromatic carbocycles. The minimum atomic E-state index is -0.346. The van der Waals surface area contributed by atoms with Gasteiger partial charge in [-0.25, -0.2) is 4.79 Å². The molecule has 1 spiro atoms. The number of imide groups is 1. The van der Waals surface area contributed by atoms with Gasteiger partial charge in [0.1, 0.15) is 0 Å². The number of aromatic nitrogens is 2. The fraction of sp³-hybridized carbons (Fsp3) is 0.625. The predicted molar refractivity (Wildman–Crippen MR) is 123 cm³/mol. The maximum Gasteiger partial charge on any atom is 0.328 e. The van der Waals surface area contributed by atoms with Gasteiger partial charge in [-0.3, -0.25) is 19.7 Å². The van der Waals surface area contributed by atoms with Crippen molar-refractivity contribution < 1.29 is 9.59 Å². The zero-order valence-electron chi connectivity index (χ0n) is 18.6. The first-order chi connectivity index (χ1) is 15.6. The van der Waals surface area contributed by atoms with Gasteiger partial charge in [0.05, 0.1) is 23.4 Å². The molecule has 2 N–H and O–H groups in total. The highest BCUT2D eigenvalue weighted by Gasteiger charge is 2.46. The van der Waals surface area contributed by atoms with Crippen molar-refractivity contribution in [2.75, 3.05) is 44.2 Å². The number of anilines is 1. The fourth-order valence-corrected chi connectivity index (χ4v) is 6.53. The molecule has 8 nitrogen and oxygen atoms in total. The molecule has 0 radical (unpaired) electrons. The largest absolute Gasteiger partial charge is 0.328 e. The number of piperidine rings is 1. The summed E-state index contributed by atoms with van der Waals surface area (Å²) < 4.78 is 2.16. The molecule has 4 heterocycles. The van der Waals surface area contributed by atoms with E-state index in [1.165, 1.54) is 38.9 Å². The number of nitrogens with one attached hydrogen (secondary N) is 2. The summed E-state index contributed by atoms with van der Waals surface area (Å²) in [5, 5.41) is 11.7.